The van der Waals surface area contributed by atoms with E-state index in [1.165, 1.54) is 14.2 Å². The van der Waals surface area contributed by atoms with Crippen molar-refractivity contribution in [1.29, 1.82) is 0 Å². The molecule has 0 spiro atoms. The number of methoxy groups -OCH3 is 2. The molecule has 300 valence electrons. The molecule has 0 saturated carbocycles. The molecule has 2 aliphatic heterocycles. The number of halogens is 2. The van der Waals surface area contributed by atoms with Crippen molar-refractivity contribution < 1.29 is 99.6 Å². The number of aliphatic hydroxyl groups excluding tert-OH is 1. The number of hydrogen-bond acceptors (Lipinski definition) is 19. The highest BCUT2D eigenvalue weighted by molar-refractivity contribution is 5.70. The lowest BCUT2D eigenvalue weighted by atomic mass is 9.95. The van der Waals surface area contributed by atoms with Gasteiger partial charge < -0.3 is 57.2 Å². The Morgan fingerprint density at radius 3 is 1.13 bits per heavy atom. The summed E-state index contributed by atoms with van der Waals surface area (Å²) >= 11 is 0. The van der Waals surface area contributed by atoms with Crippen LogP contribution in [0.2, 0.25) is 0 Å². The fourth-order valence-electron chi connectivity index (χ4n) is 4.97. The van der Waals surface area contributed by atoms with E-state index in [4.69, 9.17) is 47.4 Å². The molecule has 2 saturated heterocycles. The number of esters is 7. The fourth-order valence-corrected chi connectivity index (χ4v) is 4.97. The van der Waals surface area contributed by atoms with E-state index in [-0.39, 0.29) is 7.43 Å². The van der Waals surface area contributed by atoms with Gasteiger partial charge in [-0.25, -0.2) is 8.78 Å². The lowest BCUT2D eigenvalue weighted by molar-refractivity contribution is -0.305. The Bertz CT molecular complexity index is 1220. The van der Waals surface area contributed by atoms with Crippen LogP contribution in [0.15, 0.2) is 0 Å². The zero-order valence-electron chi connectivity index (χ0n) is 29.4. The van der Waals surface area contributed by atoms with Crippen molar-refractivity contribution in [1.82, 2.24) is 0 Å². The summed E-state index contributed by atoms with van der Waals surface area (Å²) in [7, 11) is 2.49. The molecule has 52 heavy (non-hydrogen) atoms. The molecule has 19 nitrogen and oxygen atoms in total. The minimum absolute atomic E-state index is 0. The molecule has 2 heterocycles. The number of carbonyl (C=O) groups excluding carboxylic acids is 7. The lowest BCUT2D eigenvalue weighted by Gasteiger charge is -2.44. The van der Waals surface area contributed by atoms with Gasteiger partial charge in [0.15, 0.2) is 49.2 Å². The van der Waals surface area contributed by atoms with Crippen LogP contribution in [0.5, 0.6) is 0 Å². The molecule has 12 atom stereocenters. The minimum Gasteiger partial charge on any atom is -0.456 e. The molecule has 0 amide bonds. The van der Waals surface area contributed by atoms with Gasteiger partial charge in [-0.15, -0.1) is 0 Å². The Morgan fingerprint density at radius 1 is 0.500 bits per heavy atom. The van der Waals surface area contributed by atoms with Crippen LogP contribution in [0.25, 0.3) is 0 Å². The predicted octanol–water partition coefficient (Wildman–Crippen LogP) is 0.173. The normalized spacial score (nSPS) is 29.2. The van der Waals surface area contributed by atoms with Crippen molar-refractivity contribution >= 4 is 41.8 Å². The third-order valence-corrected chi connectivity index (χ3v) is 6.54. The van der Waals surface area contributed by atoms with Crippen molar-refractivity contribution in [3.05, 3.63) is 0 Å². The summed E-state index contributed by atoms with van der Waals surface area (Å²) in [6.45, 7) is 6.57. The van der Waals surface area contributed by atoms with Crippen LogP contribution in [0.3, 0.4) is 0 Å². The first kappa shape index (κ1) is 48.0. The standard InChI is InChI=1S/C16H23FO10.C14H21FO9.CH4/c1-7(18)23-13-12(11(17)6-22-5)27-16(26-10(4)21)15(25-9(3)20)14(13)24-8(2)19;1-6(16)21-11-10(9(15)5-20-4)24-14(19)13(23-8(3)18)12(11)22-7(2)17;/h11-16H,6H2,1-5H3;9-14,19H,5H2,1-4H3;1H4/t11-,12?,13+,14?,15+,16?;9-,10?,11+,12?,13+,14?;/m00./s1. The molecule has 6 unspecified atom stereocenters. The molecule has 1 N–H and O–H groups in total. The summed E-state index contributed by atoms with van der Waals surface area (Å²) in [6.07, 6.45) is -18.8. The van der Waals surface area contributed by atoms with Crippen molar-refractivity contribution in [2.75, 3.05) is 27.4 Å². The molecule has 0 aliphatic carbocycles. The van der Waals surface area contributed by atoms with Gasteiger partial charge in [-0.05, 0) is 0 Å². The van der Waals surface area contributed by atoms with Crippen LogP contribution in [0.4, 0.5) is 8.78 Å². The van der Waals surface area contributed by atoms with E-state index < -0.39 is 129 Å². The molecular formula is C31H48F2O19. The van der Waals surface area contributed by atoms with Crippen LogP contribution in [0, 0.1) is 0 Å². The quantitative estimate of drug-likeness (QED) is 0.194. The van der Waals surface area contributed by atoms with E-state index in [0.29, 0.717) is 0 Å². The number of hydrogen-bond donors (Lipinski definition) is 1. The van der Waals surface area contributed by atoms with Crippen molar-refractivity contribution in [2.45, 2.75) is 130 Å². The van der Waals surface area contributed by atoms with Crippen molar-refractivity contribution in [3.8, 4) is 0 Å². The van der Waals surface area contributed by atoms with Gasteiger partial charge in [0.05, 0.1) is 13.2 Å². The Morgan fingerprint density at radius 2 is 0.788 bits per heavy atom. The second-order valence-electron chi connectivity index (χ2n) is 11.0. The summed E-state index contributed by atoms with van der Waals surface area (Å²) in [4.78, 5) is 79.7. The van der Waals surface area contributed by atoms with Gasteiger partial charge in [-0.1, -0.05) is 7.43 Å². The Kier molecular flexibility index (Phi) is 21.0. The summed E-state index contributed by atoms with van der Waals surface area (Å²) < 4.78 is 83.9. The van der Waals surface area contributed by atoms with Gasteiger partial charge >= 0.3 is 41.8 Å². The number of rotatable bonds is 13. The maximum atomic E-state index is 14.6. The SMILES string of the molecule is C.COC[C@H](F)C1OC(O)[C@H](OC(C)=O)C(OC(C)=O)[C@@H]1OC(C)=O.COC[C@H](F)C1OC(OC(C)=O)[C@H](OC(C)=O)C(OC(C)=O)[C@@H]1OC(C)=O. The summed E-state index contributed by atoms with van der Waals surface area (Å²) in [5.41, 5.74) is 0. The first-order valence-corrected chi connectivity index (χ1v) is 15.2. The number of carbonyl (C=O) groups is 7. The van der Waals surface area contributed by atoms with Crippen molar-refractivity contribution in [2.24, 2.45) is 0 Å². The van der Waals surface area contributed by atoms with E-state index in [2.05, 4.69) is 4.74 Å². The Balaban J connectivity index is 0.000000988. The summed E-state index contributed by atoms with van der Waals surface area (Å²) in [5.74, 6) is -5.66. The summed E-state index contributed by atoms with van der Waals surface area (Å²) in [5, 5.41) is 10.0. The van der Waals surface area contributed by atoms with Crippen LogP contribution < -0.4 is 0 Å². The topological polar surface area (TPSA) is 241 Å². The molecule has 0 aromatic heterocycles. The molecule has 2 fully saturated rings. The van der Waals surface area contributed by atoms with Crippen LogP contribution >= 0.6 is 0 Å². The first-order chi connectivity index (χ1) is 23.7. The highest BCUT2D eigenvalue weighted by Gasteiger charge is 2.56. The van der Waals surface area contributed by atoms with E-state index in [1.54, 1.807) is 0 Å². The van der Waals surface area contributed by atoms with Gasteiger partial charge in [0, 0.05) is 62.7 Å². The van der Waals surface area contributed by atoms with Gasteiger partial charge in [0.2, 0.25) is 12.4 Å². The van der Waals surface area contributed by atoms with Crippen LogP contribution in [-0.4, -0.2) is 148 Å². The van der Waals surface area contributed by atoms with Gasteiger partial charge in [0.1, 0.15) is 12.2 Å². The summed E-state index contributed by atoms with van der Waals surface area (Å²) in [6, 6.07) is 0. The average molecular weight is 763 g/mol. The molecule has 0 radical (unpaired) electrons. The largest absolute Gasteiger partial charge is 0.456 e. The molecule has 21 heteroatoms. The molecule has 0 aromatic rings. The smallest absolute Gasteiger partial charge is 0.305 e. The number of aliphatic hydroxyl groups is 1. The third kappa shape index (κ3) is 15.3. The zero-order valence-corrected chi connectivity index (χ0v) is 29.4. The zero-order chi connectivity index (χ0) is 39.2. The third-order valence-electron chi connectivity index (χ3n) is 6.54. The highest BCUT2D eigenvalue weighted by atomic mass is 19.1. The molecule has 2 aliphatic rings. The van der Waals surface area contributed by atoms with E-state index in [1.807, 2.05) is 0 Å². The second-order valence-corrected chi connectivity index (χ2v) is 11.0. The number of alkyl halides is 2. The average Bonchev–Trinajstić information content (AvgIpc) is 2.98. The maximum absolute atomic E-state index is 14.6. The van der Waals surface area contributed by atoms with E-state index in [9.17, 15) is 47.4 Å². The molecular weight excluding hydrogens is 714 g/mol. The number of ether oxygens (including phenoxy) is 11. The van der Waals surface area contributed by atoms with E-state index in [0.717, 1.165) is 48.5 Å². The van der Waals surface area contributed by atoms with Crippen molar-refractivity contribution in [3.63, 3.8) is 0 Å². The van der Waals surface area contributed by atoms with Crippen LogP contribution in [0.1, 0.15) is 55.9 Å². The lowest BCUT2D eigenvalue weighted by Crippen LogP contribution is -2.64. The fraction of sp³-hybridized carbons (Fsp3) is 0.774. The monoisotopic (exact) mass is 762 g/mol. The predicted molar refractivity (Wildman–Crippen MR) is 165 cm³/mol. The van der Waals surface area contributed by atoms with Gasteiger partial charge in [0.25, 0.3) is 0 Å². The van der Waals surface area contributed by atoms with Crippen LogP contribution in [-0.2, 0) is 85.7 Å². The van der Waals surface area contributed by atoms with Gasteiger partial charge in [-0.3, -0.25) is 33.6 Å². The highest BCUT2D eigenvalue weighted by Crippen LogP contribution is 2.33. The van der Waals surface area contributed by atoms with E-state index >= 15 is 0 Å². The molecule has 2 rings (SSSR count). The van der Waals surface area contributed by atoms with Gasteiger partial charge in [-0.2, -0.15) is 0 Å². The Labute approximate surface area is 298 Å². The first-order valence-electron chi connectivity index (χ1n) is 15.2. The molecule has 0 bridgehead atoms. The maximum Gasteiger partial charge on any atom is 0.305 e. The minimum atomic E-state index is -1.84. The Hall–Kier alpha value is -4.05. The second kappa shape index (κ2) is 22.8. The molecule has 0 aromatic carbocycles.